The van der Waals surface area contributed by atoms with Gasteiger partial charge < -0.3 is 5.73 Å². The normalized spacial score (nSPS) is 21.8. The Morgan fingerprint density at radius 1 is 1.28 bits per heavy atom. The predicted octanol–water partition coefficient (Wildman–Crippen LogP) is 3.59. The van der Waals surface area contributed by atoms with E-state index < -0.39 is 0 Å². The Kier molecular flexibility index (Phi) is 4.65. The highest BCUT2D eigenvalue weighted by atomic mass is 15.1. The number of nitrogen functional groups attached to an aromatic ring is 1. The molecule has 0 spiro atoms. The van der Waals surface area contributed by atoms with Crippen molar-refractivity contribution >= 4 is 5.69 Å². The van der Waals surface area contributed by atoms with E-state index in [9.17, 15) is 0 Å². The third kappa shape index (κ3) is 3.49. The van der Waals surface area contributed by atoms with E-state index in [1.54, 1.807) is 0 Å². The van der Waals surface area contributed by atoms with E-state index in [0.29, 0.717) is 0 Å². The lowest BCUT2D eigenvalue weighted by Gasteiger charge is -2.20. The molecule has 2 N–H and O–H groups in total. The van der Waals surface area contributed by atoms with Crippen LogP contribution in [0.25, 0.3) is 0 Å². The minimum atomic E-state index is 0.925. The summed E-state index contributed by atoms with van der Waals surface area (Å²) in [4.78, 5) is 2.58. The van der Waals surface area contributed by atoms with E-state index >= 15 is 0 Å². The predicted molar refractivity (Wildman–Crippen MR) is 78.5 cm³/mol. The van der Waals surface area contributed by atoms with E-state index in [1.165, 1.54) is 49.9 Å². The lowest BCUT2D eigenvalue weighted by Crippen LogP contribution is -2.24. The van der Waals surface area contributed by atoms with Gasteiger partial charge in [-0.3, -0.25) is 4.90 Å². The number of hydrogen-bond donors (Lipinski definition) is 1. The van der Waals surface area contributed by atoms with E-state index in [1.807, 2.05) is 0 Å². The summed E-state index contributed by atoms with van der Waals surface area (Å²) in [6.07, 6.45) is 5.45. The Balaban J connectivity index is 1.94. The van der Waals surface area contributed by atoms with Crippen molar-refractivity contribution in [3.8, 4) is 0 Å². The van der Waals surface area contributed by atoms with Crippen LogP contribution in [0.5, 0.6) is 0 Å². The molecular formula is C16H26N2. The highest BCUT2D eigenvalue weighted by Gasteiger charge is 2.15. The molecule has 2 rings (SSSR count). The highest BCUT2D eigenvalue weighted by Crippen LogP contribution is 2.22. The molecule has 0 amide bonds. The molecule has 1 saturated heterocycles. The first-order valence-corrected chi connectivity index (χ1v) is 7.26. The fraction of sp³-hybridized carbons (Fsp3) is 0.625. The monoisotopic (exact) mass is 246 g/mol. The van der Waals surface area contributed by atoms with Gasteiger partial charge in [0.05, 0.1) is 0 Å². The summed E-state index contributed by atoms with van der Waals surface area (Å²) in [6.45, 7) is 7.93. The van der Waals surface area contributed by atoms with E-state index in [-0.39, 0.29) is 0 Å². The van der Waals surface area contributed by atoms with Crippen molar-refractivity contribution in [3.63, 3.8) is 0 Å². The Bertz CT molecular complexity index is 387. The van der Waals surface area contributed by atoms with Crippen molar-refractivity contribution in [1.82, 2.24) is 4.90 Å². The number of likely N-dealkylation sites (tertiary alicyclic amines) is 1. The molecule has 1 heterocycles. The van der Waals surface area contributed by atoms with Crippen molar-refractivity contribution in [1.29, 1.82) is 0 Å². The van der Waals surface area contributed by atoms with Gasteiger partial charge in [0.1, 0.15) is 0 Å². The van der Waals surface area contributed by atoms with Gasteiger partial charge in [0.25, 0.3) is 0 Å². The molecule has 0 bridgehead atoms. The highest BCUT2D eigenvalue weighted by molar-refractivity contribution is 5.48. The van der Waals surface area contributed by atoms with Gasteiger partial charge >= 0.3 is 0 Å². The fourth-order valence-corrected chi connectivity index (χ4v) is 2.84. The van der Waals surface area contributed by atoms with Gasteiger partial charge in [-0.1, -0.05) is 25.5 Å². The lowest BCUT2D eigenvalue weighted by molar-refractivity contribution is 0.272. The first kappa shape index (κ1) is 13.4. The Morgan fingerprint density at radius 2 is 2.11 bits per heavy atom. The van der Waals surface area contributed by atoms with Crippen LogP contribution in [0, 0.1) is 12.8 Å². The van der Waals surface area contributed by atoms with Crippen molar-refractivity contribution in [3.05, 3.63) is 29.3 Å². The maximum atomic E-state index is 5.98. The number of nitrogens with two attached hydrogens (primary N) is 1. The van der Waals surface area contributed by atoms with Crippen LogP contribution in [0.2, 0.25) is 0 Å². The van der Waals surface area contributed by atoms with Crippen LogP contribution in [-0.4, -0.2) is 18.0 Å². The maximum absolute atomic E-state index is 5.98. The zero-order chi connectivity index (χ0) is 13.0. The number of benzene rings is 1. The zero-order valence-electron chi connectivity index (χ0n) is 11.8. The smallest absolute Gasteiger partial charge is 0.0346 e. The van der Waals surface area contributed by atoms with Crippen LogP contribution in [0.15, 0.2) is 18.2 Å². The lowest BCUT2D eigenvalue weighted by atomic mass is 9.98. The molecule has 1 aliphatic heterocycles. The molecule has 0 saturated carbocycles. The van der Waals surface area contributed by atoms with Crippen LogP contribution < -0.4 is 5.73 Å². The molecule has 0 radical (unpaired) electrons. The van der Waals surface area contributed by atoms with Crippen molar-refractivity contribution in [2.45, 2.75) is 46.1 Å². The second-order valence-electron chi connectivity index (χ2n) is 5.67. The largest absolute Gasteiger partial charge is 0.399 e. The van der Waals surface area contributed by atoms with Gasteiger partial charge in [-0.05, 0) is 62.4 Å². The first-order chi connectivity index (χ1) is 8.69. The van der Waals surface area contributed by atoms with Crippen molar-refractivity contribution in [2.75, 3.05) is 18.8 Å². The average Bonchev–Trinajstić information content (AvgIpc) is 2.59. The molecule has 2 heteroatoms. The molecular weight excluding hydrogens is 220 g/mol. The molecule has 18 heavy (non-hydrogen) atoms. The second-order valence-corrected chi connectivity index (χ2v) is 5.67. The molecule has 0 aliphatic carbocycles. The van der Waals surface area contributed by atoms with Crippen LogP contribution in [0.1, 0.15) is 43.7 Å². The van der Waals surface area contributed by atoms with Crippen LogP contribution >= 0.6 is 0 Å². The molecule has 1 aliphatic rings. The third-order valence-corrected chi connectivity index (χ3v) is 4.27. The minimum Gasteiger partial charge on any atom is -0.399 e. The molecule has 100 valence electrons. The van der Waals surface area contributed by atoms with Gasteiger partial charge in [0.2, 0.25) is 0 Å². The average molecular weight is 246 g/mol. The quantitative estimate of drug-likeness (QED) is 0.826. The summed E-state index contributed by atoms with van der Waals surface area (Å²) in [5, 5.41) is 0. The standard InChI is InChI=1S/C16H26N2/c1-3-14-5-4-9-18(10-8-14)12-15-7-6-13(2)16(17)11-15/h6-7,11,14H,3-5,8-10,12,17H2,1-2H3. The number of aryl methyl sites for hydroxylation is 1. The van der Waals surface area contributed by atoms with E-state index in [4.69, 9.17) is 5.73 Å². The van der Waals surface area contributed by atoms with Crippen LogP contribution in [-0.2, 0) is 6.54 Å². The van der Waals surface area contributed by atoms with Gasteiger partial charge in [0, 0.05) is 12.2 Å². The number of hydrogen-bond acceptors (Lipinski definition) is 2. The molecule has 1 atom stereocenters. The minimum absolute atomic E-state index is 0.925. The summed E-state index contributed by atoms with van der Waals surface area (Å²) in [5.74, 6) is 0.943. The first-order valence-electron chi connectivity index (χ1n) is 7.26. The SMILES string of the molecule is CCC1CCCN(Cc2ccc(C)c(N)c2)CC1. The Morgan fingerprint density at radius 3 is 2.83 bits per heavy atom. The van der Waals surface area contributed by atoms with E-state index in [2.05, 4.69) is 36.9 Å². The summed E-state index contributed by atoms with van der Waals surface area (Å²) in [6, 6.07) is 6.49. The topological polar surface area (TPSA) is 29.3 Å². The number of nitrogens with zero attached hydrogens (tertiary/aromatic N) is 1. The van der Waals surface area contributed by atoms with Crippen molar-refractivity contribution < 1.29 is 0 Å². The zero-order valence-corrected chi connectivity index (χ0v) is 11.8. The maximum Gasteiger partial charge on any atom is 0.0346 e. The van der Waals surface area contributed by atoms with Crippen LogP contribution in [0.4, 0.5) is 5.69 Å². The number of rotatable bonds is 3. The Labute approximate surface area is 111 Å². The van der Waals surface area contributed by atoms with Crippen LogP contribution in [0.3, 0.4) is 0 Å². The molecule has 0 aromatic heterocycles. The Hall–Kier alpha value is -1.02. The summed E-state index contributed by atoms with van der Waals surface area (Å²) in [5.41, 5.74) is 9.44. The van der Waals surface area contributed by atoms with Crippen molar-refractivity contribution in [2.24, 2.45) is 5.92 Å². The molecule has 1 aromatic carbocycles. The van der Waals surface area contributed by atoms with Gasteiger partial charge in [-0.2, -0.15) is 0 Å². The molecule has 2 nitrogen and oxygen atoms in total. The van der Waals surface area contributed by atoms with Gasteiger partial charge in [-0.15, -0.1) is 0 Å². The number of anilines is 1. The second kappa shape index (κ2) is 6.24. The summed E-state index contributed by atoms with van der Waals surface area (Å²) < 4.78 is 0. The van der Waals surface area contributed by atoms with Gasteiger partial charge in [0.15, 0.2) is 0 Å². The van der Waals surface area contributed by atoms with E-state index in [0.717, 1.165) is 18.2 Å². The summed E-state index contributed by atoms with van der Waals surface area (Å²) in [7, 11) is 0. The molecule has 1 aromatic rings. The molecule has 1 unspecified atom stereocenters. The van der Waals surface area contributed by atoms with Gasteiger partial charge in [-0.25, -0.2) is 0 Å². The molecule has 1 fully saturated rings. The third-order valence-electron chi connectivity index (χ3n) is 4.27. The summed E-state index contributed by atoms with van der Waals surface area (Å²) >= 11 is 0. The fourth-order valence-electron chi connectivity index (χ4n) is 2.84.